The number of ether oxygens (including phenoxy) is 1. The number of rotatable bonds is 9. The summed E-state index contributed by atoms with van der Waals surface area (Å²) in [4.78, 5) is 44.6. The van der Waals surface area contributed by atoms with E-state index in [-0.39, 0.29) is 55.3 Å². The van der Waals surface area contributed by atoms with E-state index in [1.165, 1.54) is 0 Å². The van der Waals surface area contributed by atoms with Crippen molar-refractivity contribution in [1.82, 2.24) is 4.90 Å². The third-order valence-electron chi connectivity index (χ3n) is 7.63. The van der Waals surface area contributed by atoms with Crippen LogP contribution in [-0.4, -0.2) is 70.1 Å². The summed E-state index contributed by atoms with van der Waals surface area (Å²) in [5, 5.41) is 9.91. The molecule has 1 spiro atoms. The van der Waals surface area contributed by atoms with Crippen molar-refractivity contribution in [3.63, 3.8) is 0 Å². The van der Waals surface area contributed by atoms with E-state index < -0.39 is 22.6 Å². The molecule has 2 bridgehead atoms. The maximum atomic E-state index is 14.5. The lowest BCUT2D eigenvalue weighted by Crippen LogP contribution is -2.57. The SMILES string of the molecule is C=CCN(C(=O)C1N(CCCO)C(=O)[C@@H]2[C@H](C(=O)OCC)[C@@H]3CC(C)C12S3)c1c(C)cccc1Cl. The number of esters is 1. The fourth-order valence-electron chi connectivity index (χ4n) is 6.32. The van der Waals surface area contributed by atoms with Crippen LogP contribution in [0.15, 0.2) is 30.9 Å². The van der Waals surface area contributed by atoms with E-state index in [0.717, 1.165) is 12.0 Å². The molecule has 6 atom stereocenters. The van der Waals surface area contributed by atoms with Gasteiger partial charge in [0.15, 0.2) is 0 Å². The molecular weight excluding hydrogens is 488 g/mol. The number of hydrogen-bond acceptors (Lipinski definition) is 6. The van der Waals surface area contributed by atoms with Gasteiger partial charge in [0, 0.05) is 24.9 Å². The first-order valence-electron chi connectivity index (χ1n) is 12.2. The highest BCUT2D eigenvalue weighted by Gasteiger charge is 2.76. The number of aliphatic hydroxyl groups excluding tert-OH is 1. The molecule has 35 heavy (non-hydrogen) atoms. The Hall–Kier alpha value is -2.03. The predicted octanol–water partition coefficient (Wildman–Crippen LogP) is 3.45. The van der Waals surface area contributed by atoms with Crippen LogP contribution in [0.1, 0.15) is 32.3 Å². The number of para-hydroxylation sites is 1. The van der Waals surface area contributed by atoms with Crippen molar-refractivity contribution in [2.45, 2.75) is 49.7 Å². The molecule has 0 saturated carbocycles. The van der Waals surface area contributed by atoms with Crippen LogP contribution in [0, 0.1) is 24.7 Å². The van der Waals surface area contributed by atoms with E-state index in [4.69, 9.17) is 16.3 Å². The Morgan fingerprint density at radius 2 is 2.17 bits per heavy atom. The first-order valence-corrected chi connectivity index (χ1v) is 13.4. The first-order chi connectivity index (χ1) is 16.7. The summed E-state index contributed by atoms with van der Waals surface area (Å²) in [7, 11) is 0. The molecule has 3 saturated heterocycles. The van der Waals surface area contributed by atoms with Crippen molar-refractivity contribution in [1.29, 1.82) is 0 Å². The van der Waals surface area contributed by atoms with Gasteiger partial charge in [0.2, 0.25) is 5.91 Å². The summed E-state index contributed by atoms with van der Waals surface area (Å²) < 4.78 is 4.63. The zero-order chi connectivity index (χ0) is 25.5. The topological polar surface area (TPSA) is 87.2 Å². The highest BCUT2D eigenvalue weighted by atomic mass is 35.5. The van der Waals surface area contributed by atoms with Gasteiger partial charge in [-0.25, -0.2) is 0 Å². The summed E-state index contributed by atoms with van der Waals surface area (Å²) in [5.41, 5.74) is 1.44. The third-order valence-corrected chi connectivity index (χ3v) is 10.0. The number of benzene rings is 1. The first kappa shape index (κ1) is 26.0. The standard InChI is InChI=1S/C26H33ClN2O5S/c1-5-11-28(21-15(3)9-7-10-17(21)27)24(32)22-26-16(4)14-18(35-26)19(25(33)34-6-2)20(26)23(31)29(22)12-8-13-30/h5,7,9-10,16,18-20,22,30H,1,6,8,11-14H2,2-4H3/t16?,18-,19+,20-,22?,26?/m0/s1. The molecule has 0 aromatic heterocycles. The second kappa shape index (κ2) is 10.1. The summed E-state index contributed by atoms with van der Waals surface area (Å²) in [6, 6.07) is 4.68. The van der Waals surface area contributed by atoms with Crippen molar-refractivity contribution in [2.24, 2.45) is 17.8 Å². The number of carbonyl (C=O) groups excluding carboxylic acids is 3. The zero-order valence-electron chi connectivity index (χ0n) is 20.4. The highest BCUT2D eigenvalue weighted by molar-refractivity contribution is 8.02. The Morgan fingerprint density at radius 1 is 1.43 bits per heavy atom. The Balaban J connectivity index is 1.83. The Kier molecular flexibility index (Phi) is 7.55. The fourth-order valence-corrected chi connectivity index (χ4v) is 9.05. The van der Waals surface area contributed by atoms with Crippen LogP contribution < -0.4 is 4.90 Å². The number of thioether (sulfide) groups is 1. The number of nitrogens with zero attached hydrogens (tertiary/aromatic N) is 2. The molecule has 3 aliphatic rings. The number of aryl methyl sites for hydroxylation is 1. The molecule has 1 aromatic carbocycles. The molecule has 0 radical (unpaired) electrons. The minimum absolute atomic E-state index is 0.0446. The van der Waals surface area contributed by atoms with Crippen molar-refractivity contribution in [2.75, 3.05) is 31.2 Å². The van der Waals surface area contributed by atoms with Crippen LogP contribution in [-0.2, 0) is 19.1 Å². The molecule has 3 aliphatic heterocycles. The van der Waals surface area contributed by atoms with E-state index in [1.54, 1.807) is 40.6 Å². The molecule has 1 aromatic rings. The average molecular weight is 521 g/mol. The van der Waals surface area contributed by atoms with Gasteiger partial charge in [-0.2, -0.15) is 0 Å². The highest BCUT2D eigenvalue weighted by Crippen LogP contribution is 2.68. The van der Waals surface area contributed by atoms with Gasteiger partial charge in [-0.15, -0.1) is 18.3 Å². The zero-order valence-corrected chi connectivity index (χ0v) is 22.0. The summed E-state index contributed by atoms with van der Waals surface area (Å²) >= 11 is 8.17. The smallest absolute Gasteiger partial charge is 0.310 e. The normalized spacial score (nSPS) is 30.9. The molecule has 4 rings (SSSR count). The Labute approximate surface area is 215 Å². The molecule has 3 heterocycles. The molecule has 3 unspecified atom stereocenters. The van der Waals surface area contributed by atoms with Crippen molar-refractivity contribution in [3.8, 4) is 0 Å². The number of likely N-dealkylation sites (tertiary alicyclic amines) is 1. The summed E-state index contributed by atoms with van der Waals surface area (Å²) in [6.45, 7) is 10.2. The number of carbonyl (C=O) groups is 3. The monoisotopic (exact) mass is 520 g/mol. The maximum Gasteiger partial charge on any atom is 0.310 e. The minimum atomic E-state index is -0.786. The molecule has 7 nitrogen and oxygen atoms in total. The van der Waals surface area contributed by atoms with Crippen LogP contribution in [0.4, 0.5) is 5.69 Å². The molecule has 190 valence electrons. The molecule has 0 aliphatic carbocycles. The lowest BCUT2D eigenvalue weighted by Gasteiger charge is -2.40. The van der Waals surface area contributed by atoms with Crippen molar-refractivity contribution < 1.29 is 24.2 Å². The summed E-state index contributed by atoms with van der Waals surface area (Å²) in [5.74, 6) is -1.97. The van der Waals surface area contributed by atoms with Gasteiger partial charge in [-0.3, -0.25) is 14.4 Å². The Bertz CT molecular complexity index is 1010. The Morgan fingerprint density at radius 3 is 2.80 bits per heavy atom. The number of fused-ring (bicyclic) bond motifs is 1. The lowest BCUT2D eigenvalue weighted by molar-refractivity contribution is -0.154. The van der Waals surface area contributed by atoms with Crippen LogP contribution in [0.25, 0.3) is 0 Å². The van der Waals surface area contributed by atoms with E-state index >= 15 is 0 Å². The van der Waals surface area contributed by atoms with Gasteiger partial charge in [0.1, 0.15) is 6.04 Å². The van der Waals surface area contributed by atoms with Gasteiger partial charge >= 0.3 is 5.97 Å². The largest absolute Gasteiger partial charge is 0.466 e. The van der Waals surface area contributed by atoms with Crippen LogP contribution in [0.2, 0.25) is 5.02 Å². The van der Waals surface area contributed by atoms with Gasteiger partial charge in [0.25, 0.3) is 5.91 Å². The quantitative estimate of drug-likeness (QED) is 0.396. The van der Waals surface area contributed by atoms with Gasteiger partial charge in [-0.1, -0.05) is 36.7 Å². The van der Waals surface area contributed by atoms with E-state index in [0.29, 0.717) is 17.1 Å². The van der Waals surface area contributed by atoms with Crippen molar-refractivity contribution >= 4 is 46.8 Å². The number of amides is 2. The van der Waals surface area contributed by atoms with Gasteiger partial charge < -0.3 is 19.6 Å². The predicted molar refractivity (Wildman–Crippen MR) is 137 cm³/mol. The number of aliphatic hydroxyl groups is 1. The van der Waals surface area contributed by atoms with E-state index in [9.17, 15) is 19.5 Å². The lowest BCUT2D eigenvalue weighted by atomic mass is 9.66. The maximum absolute atomic E-state index is 14.5. The number of anilines is 1. The van der Waals surface area contributed by atoms with E-state index in [1.807, 2.05) is 19.1 Å². The molecule has 3 fully saturated rings. The average Bonchev–Trinajstić information content (AvgIpc) is 3.40. The minimum Gasteiger partial charge on any atom is -0.466 e. The summed E-state index contributed by atoms with van der Waals surface area (Å²) in [6.07, 6.45) is 2.73. The third kappa shape index (κ3) is 3.98. The van der Waals surface area contributed by atoms with Crippen molar-refractivity contribution in [3.05, 3.63) is 41.4 Å². The van der Waals surface area contributed by atoms with Gasteiger partial charge in [-0.05, 0) is 44.2 Å². The number of hydrogen-bond donors (Lipinski definition) is 1. The van der Waals surface area contributed by atoms with Crippen LogP contribution >= 0.6 is 23.4 Å². The molecule has 2 amide bonds. The molecular formula is C26H33ClN2O5S. The molecule has 9 heteroatoms. The second-order valence-electron chi connectivity index (χ2n) is 9.56. The van der Waals surface area contributed by atoms with Crippen LogP contribution in [0.3, 0.4) is 0 Å². The van der Waals surface area contributed by atoms with E-state index in [2.05, 4.69) is 13.5 Å². The molecule has 1 N–H and O–H groups in total. The number of halogens is 1. The second-order valence-corrected chi connectivity index (χ2v) is 11.5. The van der Waals surface area contributed by atoms with Gasteiger partial charge in [0.05, 0.1) is 33.9 Å². The van der Waals surface area contributed by atoms with Crippen LogP contribution in [0.5, 0.6) is 0 Å². The fraction of sp³-hybridized carbons (Fsp3) is 0.577.